The van der Waals surface area contributed by atoms with Crippen molar-refractivity contribution in [3.8, 4) is 0 Å². The third kappa shape index (κ3) is 5.24. The highest BCUT2D eigenvalue weighted by molar-refractivity contribution is 5.01. The van der Waals surface area contributed by atoms with E-state index in [4.69, 9.17) is 41.9 Å². The summed E-state index contributed by atoms with van der Waals surface area (Å²) in [6.45, 7) is -0.638. The van der Waals surface area contributed by atoms with Gasteiger partial charge in [-0.25, -0.2) is 0 Å². The molecule has 1 saturated carbocycles. The van der Waals surface area contributed by atoms with Crippen LogP contribution in [0.2, 0.25) is 0 Å². The first-order valence-electron chi connectivity index (χ1n) is 10.7. The molecule has 1 aliphatic carbocycles. The molecule has 0 amide bonds. The molecule has 0 aromatic rings. The first kappa shape index (κ1) is 26.1. The summed E-state index contributed by atoms with van der Waals surface area (Å²) in [7, 11) is 0. The second-order valence-corrected chi connectivity index (χ2v) is 8.67. The minimum atomic E-state index is -1.37. The van der Waals surface area contributed by atoms with Crippen LogP contribution in [0.3, 0.4) is 0 Å². The van der Waals surface area contributed by atoms with E-state index in [0.717, 1.165) is 0 Å². The van der Waals surface area contributed by atoms with Crippen LogP contribution in [0.25, 0.3) is 0 Å². The molecule has 2 aliphatic heterocycles. The first-order valence-corrected chi connectivity index (χ1v) is 10.7. The van der Waals surface area contributed by atoms with Crippen LogP contribution in [0.1, 0.15) is 12.8 Å². The Hall–Kier alpha value is -0.560. The van der Waals surface area contributed by atoms with E-state index >= 15 is 0 Å². The molecule has 32 heavy (non-hydrogen) atoms. The summed E-state index contributed by atoms with van der Waals surface area (Å²) in [4.78, 5) is 0. The average molecular weight is 469 g/mol. The first-order chi connectivity index (χ1) is 15.1. The van der Waals surface area contributed by atoms with E-state index in [1.807, 2.05) is 0 Å². The fraction of sp³-hybridized carbons (Fsp3) is 1.00. The highest BCUT2D eigenvalue weighted by Gasteiger charge is 2.49. The summed E-state index contributed by atoms with van der Waals surface area (Å²) in [6, 6.07) is -2.59. The minimum Gasteiger partial charge on any atom is -0.394 e. The molecule has 0 aromatic heterocycles. The number of hydrogen-bond acceptors (Lipinski definition) is 14. The van der Waals surface area contributed by atoms with E-state index in [0.29, 0.717) is 0 Å². The van der Waals surface area contributed by atoms with Gasteiger partial charge in [0.2, 0.25) is 0 Å². The molecule has 3 fully saturated rings. The number of ether oxygens (including phenoxy) is 4. The number of rotatable bonds is 6. The Balaban J connectivity index is 1.69. The molecule has 14 nitrogen and oxygen atoms in total. The maximum Gasteiger partial charge on any atom is 0.176 e. The molecule has 3 rings (SSSR count). The van der Waals surface area contributed by atoms with Gasteiger partial charge in [-0.1, -0.05) is 0 Å². The zero-order chi connectivity index (χ0) is 23.7. The van der Waals surface area contributed by atoms with Gasteiger partial charge < -0.3 is 72.5 Å². The Morgan fingerprint density at radius 3 is 1.97 bits per heavy atom. The third-order valence-corrected chi connectivity index (χ3v) is 6.36. The molecule has 14 heteroatoms. The second kappa shape index (κ2) is 10.8. The summed E-state index contributed by atoms with van der Waals surface area (Å²) >= 11 is 0. The molecule has 0 unspecified atom stereocenters. The lowest BCUT2D eigenvalue weighted by atomic mass is 9.84. The van der Waals surface area contributed by atoms with Crippen molar-refractivity contribution in [2.45, 2.75) is 98.5 Å². The van der Waals surface area contributed by atoms with Crippen molar-refractivity contribution in [3.63, 3.8) is 0 Å². The smallest absolute Gasteiger partial charge is 0.176 e. The molecule has 3 aliphatic rings. The molecule has 2 heterocycles. The standard InChI is InChI=1S/C18H36N4O10/c19-3-8-13(26)14(27)11(22)18(30-8)32-17-6(21)1-5(20)16(15(17)28)31-10-2-7(24)12(25)9(4-23)29-10/h5-18,23-28H,1-4,19-22H2/t5-,6+,7-,8-,9-,10-,11-,12+,13-,14-,15-,16+,17-,18-/m1/s1. The minimum absolute atomic E-state index is 0.0973. The Kier molecular flexibility index (Phi) is 8.79. The SMILES string of the molecule is NC[C@H]1O[C@H](O[C@H]2[C@H](O)[C@@H](O[C@@H]3C[C@@H](O)[C@H](O)[C@@H](CO)O3)[C@H](N)C[C@@H]2N)[C@H](N)[C@@H](O)[C@@H]1O. The molecule has 188 valence electrons. The van der Waals surface area contributed by atoms with Gasteiger partial charge in [0, 0.05) is 25.0 Å². The van der Waals surface area contributed by atoms with Crippen LogP contribution in [0.4, 0.5) is 0 Å². The van der Waals surface area contributed by atoms with Crippen molar-refractivity contribution in [3.05, 3.63) is 0 Å². The van der Waals surface area contributed by atoms with Gasteiger partial charge in [0.15, 0.2) is 12.6 Å². The lowest BCUT2D eigenvalue weighted by Gasteiger charge is -2.47. The van der Waals surface area contributed by atoms with E-state index in [1.165, 1.54) is 0 Å². The fourth-order valence-corrected chi connectivity index (χ4v) is 4.39. The van der Waals surface area contributed by atoms with Crippen LogP contribution >= 0.6 is 0 Å². The van der Waals surface area contributed by atoms with Crippen molar-refractivity contribution >= 4 is 0 Å². The predicted molar refractivity (Wildman–Crippen MR) is 106 cm³/mol. The predicted octanol–water partition coefficient (Wildman–Crippen LogP) is -6.26. The molecule has 2 saturated heterocycles. The van der Waals surface area contributed by atoms with Gasteiger partial charge >= 0.3 is 0 Å². The molecule has 0 radical (unpaired) electrons. The van der Waals surface area contributed by atoms with Gasteiger partial charge in [0.25, 0.3) is 0 Å². The molecular weight excluding hydrogens is 432 g/mol. The van der Waals surface area contributed by atoms with Crippen molar-refractivity contribution in [1.82, 2.24) is 0 Å². The van der Waals surface area contributed by atoms with Crippen molar-refractivity contribution in [1.29, 1.82) is 0 Å². The molecule has 0 bridgehead atoms. The third-order valence-electron chi connectivity index (χ3n) is 6.36. The van der Waals surface area contributed by atoms with Crippen LogP contribution in [0.5, 0.6) is 0 Å². The Labute approximate surface area is 185 Å². The topological polar surface area (TPSA) is 262 Å². The summed E-state index contributed by atoms with van der Waals surface area (Å²) in [5.41, 5.74) is 23.8. The maximum absolute atomic E-state index is 10.9. The maximum atomic E-state index is 10.9. The highest BCUT2D eigenvalue weighted by atomic mass is 16.7. The van der Waals surface area contributed by atoms with Crippen LogP contribution in [0.15, 0.2) is 0 Å². The Morgan fingerprint density at radius 2 is 1.38 bits per heavy atom. The zero-order valence-corrected chi connectivity index (χ0v) is 17.5. The summed E-state index contributed by atoms with van der Waals surface area (Å²) in [5, 5.41) is 60.3. The lowest BCUT2D eigenvalue weighted by Crippen LogP contribution is -2.68. The number of aliphatic hydroxyl groups excluding tert-OH is 6. The van der Waals surface area contributed by atoms with E-state index in [-0.39, 0.29) is 19.4 Å². The molecule has 14 atom stereocenters. The molecular formula is C18H36N4O10. The van der Waals surface area contributed by atoms with Gasteiger partial charge in [-0.2, -0.15) is 0 Å². The molecule has 0 aromatic carbocycles. The van der Waals surface area contributed by atoms with Crippen molar-refractivity contribution in [2.75, 3.05) is 13.2 Å². The van der Waals surface area contributed by atoms with Crippen molar-refractivity contribution < 1.29 is 49.6 Å². The Bertz CT molecular complexity index is 606. The number of aliphatic hydroxyl groups is 6. The normalized spacial score (nSPS) is 52.7. The van der Waals surface area contributed by atoms with Crippen LogP contribution in [-0.2, 0) is 18.9 Å². The molecule has 14 N–H and O–H groups in total. The number of nitrogens with two attached hydrogens (primary N) is 4. The quantitative estimate of drug-likeness (QED) is 0.174. The molecule has 0 spiro atoms. The van der Waals surface area contributed by atoms with E-state index in [1.54, 1.807) is 0 Å². The van der Waals surface area contributed by atoms with E-state index in [9.17, 15) is 30.6 Å². The summed E-state index contributed by atoms with van der Waals surface area (Å²) in [6.07, 6.45) is -12.8. The fourth-order valence-electron chi connectivity index (χ4n) is 4.39. The highest BCUT2D eigenvalue weighted by Crippen LogP contribution is 2.30. The van der Waals surface area contributed by atoms with Crippen LogP contribution < -0.4 is 22.9 Å². The van der Waals surface area contributed by atoms with Gasteiger partial charge in [0.05, 0.1) is 18.8 Å². The van der Waals surface area contributed by atoms with Gasteiger partial charge in [-0.3, -0.25) is 0 Å². The van der Waals surface area contributed by atoms with E-state index in [2.05, 4.69) is 0 Å². The van der Waals surface area contributed by atoms with E-state index < -0.39 is 92.2 Å². The summed E-state index contributed by atoms with van der Waals surface area (Å²) < 4.78 is 22.6. The van der Waals surface area contributed by atoms with Crippen LogP contribution in [0, 0.1) is 0 Å². The second-order valence-electron chi connectivity index (χ2n) is 8.67. The summed E-state index contributed by atoms with van der Waals surface area (Å²) in [5.74, 6) is 0. The van der Waals surface area contributed by atoms with Gasteiger partial charge in [-0.15, -0.1) is 0 Å². The average Bonchev–Trinajstić information content (AvgIpc) is 2.76. The van der Waals surface area contributed by atoms with Gasteiger partial charge in [0.1, 0.15) is 48.8 Å². The van der Waals surface area contributed by atoms with Crippen LogP contribution in [-0.4, -0.2) is 129 Å². The number of hydrogen-bond donors (Lipinski definition) is 10. The van der Waals surface area contributed by atoms with Gasteiger partial charge in [-0.05, 0) is 6.42 Å². The lowest BCUT2D eigenvalue weighted by molar-refractivity contribution is -0.308. The largest absolute Gasteiger partial charge is 0.394 e. The monoisotopic (exact) mass is 468 g/mol. The Morgan fingerprint density at radius 1 is 0.750 bits per heavy atom. The zero-order valence-electron chi connectivity index (χ0n) is 17.5. The van der Waals surface area contributed by atoms with Crippen molar-refractivity contribution in [2.24, 2.45) is 22.9 Å².